The maximum atomic E-state index is 2.42. The van der Waals surface area contributed by atoms with Crippen LogP contribution in [0.4, 0.5) is 17.1 Å². The molecule has 2 aliphatic carbocycles. The number of allylic oxidation sites excluding steroid dienone is 1. The quantitative estimate of drug-likeness (QED) is 0.221. The second-order valence-electron chi connectivity index (χ2n) is 11.7. The molecule has 0 saturated heterocycles. The molecule has 8 rings (SSSR count). The van der Waals surface area contributed by atoms with Crippen LogP contribution in [0.25, 0.3) is 33.8 Å². The largest absolute Gasteiger partial charge is 0.310 e. The average Bonchev–Trinajstić information content (AvgIpc) is 3.47. The second kappa shape index (κ2) is 9.11. The number of benzene rings is 5. The fourth-order valence-corrected chi connectivity index (χ4v) is 7.07. The van der Waals surface area contributed by atoms with Crippen LogP contribution in [-0.2, 0) is 11.8 Å². The molecule has 2 heteroatoms. The van der Waals surface area contributed by atoms with Crippen molar-refractivity contribution in [1.29, 1.82) is 0 Å². The molecule has 6 aromatic rings. The predicted molar refractivity (Wildman–Crippen MR) is 173 cm³/mol. The van der Waals surface area contributed by atoms with Gasteiger partial charge in [0, 0.05) is 39.2 Å². The Kier molecular flexibility index (Phi) is 5.33. The third kappa shape index (κ3) is 3.64. The molecule has 2 nitrogen and oxygen atoms in total. The summed E-state index contributed by atoms with van der Waals surface area (Å²) in [7, 11) is 0. The van der Waals surface area contributed by atoms with E-state index < -0.39 is 0 Å². The minimum Gasteiger partial charge on any atom is -0.310 e. The van der Waals surface area contributed by atoms with Gasteiger partial charge in [0.1, 0.15) is 0 Å². The Morgan fingerprint density at radius 1 is 0.634 bits per heavy atom. The first-order valence-corrected chi connectivity index (χ1v) is 14.6. The summed E-state index contributed by atoms with van der Waals surface area (Å²) in [5.41, 5.74) is 14.2. The SMILES string of the molecule is CC1(C)c2ccccc2-c2ccc(N(c3ccccc3)c3ccc4c(c3)c3c(n4-c4ccccc4)C=CCC3)cc21. The van der Waals surface area contributed by atoms with Crippen LogP contribution in [0.2, 0.25) is 0 Å². The number of para-hydroxylation sites is 2. The van der Waals surface area contributed by atoms with Crippen LogP contribution < -0.4 is 4.90 Å². The number of nitrogens with zero attached hydrogens (tertiary/aromatic N) is 2. The van der Waals surface area contributed by atoms with Crippen molar-refractivity contribution < 1.29 is 0 Å². The summed E-state index contributed by atoms with van der Waals surface area (Å²) in [6, 6.07) is 44.4. The number of aromatic nitrogens is 1. The second-order valence-corrected chi connectivity index (χ2v) is 11.7. The van der Waals surface area contributed by atoms with Gasteiger partial charge in [-0.2, -0.15) is 0 Å². The molecule has 0 unspecified atom stereocenters. The van der Waals surface area contributed by atoms with Crippen molar-refractivity contribution in [2.24, 2.45) is 0 Å². The molecule has 0 amide bonds. The predicted octanol–water partition coefficient (Wildman–Crippen LogP) is 10.4. The number of aryl methyl sites for hydroxylation is 1. The molecular formula is C39H32N2. The van der Waals surface area contributed by atoms with E-state index in [-0.39, 0.29) is 5.41 Å². The van der Waals surface area contributed by atoms with Gasteiger partial charge in [-0.25, -0.2) is 0 Å². The van der Waals surface area contributed by atoms with Crippen LogP contribution in [0.1, 0.15) is 42.7 Å². The van der Waals surface area contributed by atoms with Gasteiger partial charge in [-0.05, 0) is 101 Å². The van der Waals surface area contributed by atoms with E-state index in [1.807, 2.05) is 0 Å². The highest BCUT2D eigenvalue weighted by molar-refractivity contribution is 5.95. The van der Waals surface area contributed by atoms with Crippen LogP contribution >= 0.6 is 0 Å². The van der Waals surface area contributed by atoms with Crippen molar-refractivity contribution in [3.05, 3.63) is 150 Å². The van der Waals surface area contributed by atoms with Gasteiger partial charge in [-0.1, -0.05) is 86.7 Å². The monoisotopic (exact) mass is 528 g/mol. The van der Waals surface area contributed by atoms with Crippen molar-refractivity contribution in [3.63, 3.8) is 0 Å². The highest BCUT2D eigenvalue weighted by Gasteiger charge is 2.35. The van der Waals surface area contributed by atoms with Crippen molar-refractivity contribution in [2.45, 2.75) is 32.1 Å². The summed E-state index contributed by atoms with van der Waals surface area (Å²) >= 11 is 0. The summed E-state index contributed by atoms with van der Waals surface area (Å²) in [5.74, 6) is 0. The van der Waals surface area contributed by atoms with Crippen LogP contribution in [0.15, 0.2) is 127 Å². The summed E-state index contributed by atoms with van der Waals surface area (Å²) < 4.78 is 2.42. The minimum atomic E-state index is -0.0490. The Labute approximate surface area is 241 Å². The van der Waals surface area contributed by atoms with Gasteiger partial charge < -0.3 is 9.47 Å². The minimum absolute atomic E-state index is 0.0490. The molecule has 5 aromatic carbocycles. The maximum absolute atomic E-state index is 2.42. The van der Waals surface area contributed by atoms with E-state index in [1.165, 1.54) is 61.5 Å². The number of hydrogen-bond donors (Lipinski definition) is 0. The summed E-state index contributed by atoms with van der Waals surface area (Å²) in [6.07, 6.45) is 6.75. The van der Waals surface area contributed by atoms with E-state index in [0.29, 0.717) is 0 Å². The Hall–Kier alpha value is -4.82. The third-order valence-electron chi connectivity index (χ3n) is 9.05. The van der Waals surface area contributed by atoms with Gasteiger partial charge in [-0.3, -0.25) is 0 Å². The Morgan fingerprint density at radius 2 is 1.32 bits per heavy atom. The first-order valence-electron chi connectivity index (χ1n) is 14.6. The molecule has 41 heavy (non-hydrogen) atoms. The van der Waals surface area contributed by atoms with Crippen LogP contribution in [0.3, 0.4) is 0 Å². The zero-order valence-electron chi connectivity index (χ0n) is 23.5. The third-order valence-corrected chi connectivity index (χ3v) is 9.05. The van der Waals surface area contributed by atoms with Crippen LogP contribution in [0, 0.1) is 0 Å². The van der Waals surface area contributed by atoms with Gasteiger partial charge in [0.2, 0.25) is 0 Å². The maximum Gasteiger partial charge on any atom is 0.0539 e. The molecule has 0 aliphatic heterocycles. The van der Waals surface area contributed by atoms with Crippen molar-refractivity contribution in [2.75, 3.05) is 4.90 Å². The van der Waals surface area contributed by atoms with Crippen LogP contribution in [-0.4, -0.2) is 4.57 Å². The van der Waals surface area contributed by atoms with E-state index in [9.17, 15) is 0 Å². The molecule has 0 saturated carbocycles. The molecule has 0 radical (unpaired) electrons. The van der Waals surface area contributed by atoms with E-state index >= 15 is 0 Å². The summed E-state index contributed by atoms with van der Waals surface area (Å²) in [6.45, 7) is 4.71. The molecule has 0 fully saturated rings. The molecule has 0 bridgehead atoms. The van der Waals surface area contributed by atoms with Gasteiger partial charge in [0.15, 0.2) is 0 Å². The van der Waals surface area contributed by atoms with Crippen molar-refractivity contribution in [3.8, 4) is 16.8 Å². The van der Waals surface area contributed by atoms with Crippen LogP contribution in [0.5, 0.6) is 0 Å². The summed E-state index contributed by atoms with van der Waals surface area (Å²) in [5, 5.41) is 1.33. The lowest BCUT2D eigenvalue weighted by atomic mass is 9.82. The van der Waals surface area contributed by atoms with E-state index in [0.717, 1.165) is 18.5 Å². The highest BCUT2D eigenvalue weighted by Crippen LogP contribution is 2.50. The zero-order valence-corrected chi connectivity index (χ0v) is 23.5. The lowest BCUT2D eigenvalue weighted by Gasteiger charge is -2.28. The van der Waals surface area contributed by atoms with Gasteiger partial charge in [0.25, 0.3) is 0 Å². The van der Waals surface area contributed by atoms with Crippen molar-refractivity contribution in [1.82, 2.24) is 4.57 Å². The Balaban J connectivity index is 1.33. The lowest BCUT2D eigenvalue weighted by Crippen LogP contribution is -2.16. The van der Waals surface area contributed by atoms with E-state index in [2.05, 4.69) is 157 Å². The molecule has 0 spiro atoms. The van der Waals surface area contributed by atoms with Crippen molar-refractivity contribution >= 4 is 34.0 Å². The van der Waals surface area contributed by atoms with E-state index in [1.54, 1.807) is 0 Å². The molecule has 1 heterocycles. The smallest absolute Gasteiger partial charge is 0.0539 e. The molecule has 0 N–H and O–H groups in total. The lowest BCUT2D eigenvalue weighted by molar-refractivity contribution is 0.660. The Morgan fingerprint density at radius 3 is 2.15 bits per heavy atom. The van der Waals surface area contributed by atoms with Gasteiger partial charge in [-0.15, -0.1) is 0 Å². The number of anilines is 3. The molecular weight excluding hydrogens is 496 g/mol. The summed E-state index contributed by atoms with van der Waals surface area (Å²) in [4.78, 5) is 2.42. The topological polar surface area (TPSA) is 8.17 Å². The van der Waals surface area contributed by atoms with Gasteiger partial charge >= 0.3 is 0 Å². The van der Waals surface area contributed by atoms with Gasteiger partial charge in [0.05, 0.1) is 5.52 Å². The normalized spacial score (nSPS) is 14.5. The highest BCUT2D eigenvalue weighted by atomic mass is 15.1. The number of hydrogen-bond acceptors (Lipinski definition) is 1. The average molecular weight is 529 g/mol. The number of rotatable bonds is 4. The van der Waals surface area contributed by atoms with E-state index in [4.69, 9.17) is 0 Å². The molecule has 0 atom stereocenters. The molecule has 1 aromatic heterocycles. The first kappa shape index (κ1) is 24.0. The fourth-order valence-electron chi connectivity index (χ4n) is 7.07. The fraction of sp³-hybridized carbons (Fsp3) is 0.128. The Bertz CT molecular complexity index is 1960. The first-order chi connectivity index (χ1) is 20.1. The number of fused-ring (bicyclic) bond motifs is 6. The zero-order chi connectivity index (χ0) is 27.6. The standard InChI is InChI=1S/C39H32N2/c1-39(2)35-19-11-9-17-31(35)32-23-21-30(26-36(32)39)40(27-13-5-3-6-14-27)29-22-24-38-34(25-29)33-18-10-12-20-37(33)41(38)28-15-7-4-8-16-28/h3-9,11-17,19-26H,10,18H2,1-2H3. The molecule has 2 aliphatic rings. The molecule has 198 valence electrons.